The molecule has 0 radical (unpaired) electrons. The van der Waals surface area contributed by atoms with Crippen LogP contribution in [0.25, 0.3) is 0 Å². The first-order chi connectivity index (χ1) is 7.47. The second-order valence-corrected chi connectivity index (χ2v) is 3.65. The summed E-state index contributed by atoms with van der Waals surface area (Å²) >= 11 is 9.01. The minimum Gasteiger partial charge on any atom is -0.302 e. The molecule has 1 saturated heterocycles. The first-order valence-electron chi connectivity index (χ1n) is 4.08. The molecular weight excluding hydrogens is 252 g/mol. The van der Waals surface area contributed by atoms with Crippen LogP contribution >= 0.6 is 24.4 Å². The van der Waals surface area contributed by atoms with Crippen molar-refractivity contribution in [2.75, 3.05) is 0 Å². The number of rotatable bonds is 0. The number of hydrogen-bond donors (Lipinski definition) is 2. The molecular formula is C7H6N4O3S2. The van der Waals surface area contributed by atoms with E-state index in [2.05, 4.69) is 45.3 Å². The molecule has 0 aromatic rings. The molecule has 0 bridgehead atoms. The van der Waals surface area contributed by atoms with E-state index >= 15 is 0 Å². The van der Waals surface area contributed by atoms with E-state index in [9.17, 15) is 14.4 Å². The topological polar surface area (TPSA) is 100.0 Å². The van der Waals surface area contributed by atoms with Crippen molar-refractivity contribution in [3.8, 4) is 0 Å². The lowest BCUT2D eigenvalue weighted by atomic mass is 10.3. The van der Waals surface area contributed by atoms with E-state index < -0.39 is 0 Å². The molecule has 2 aliphatic heterocycles. The number of azo groups is 1. The largest absolute Gasteiger partial charge is 0.302 e. The summed E-state index contributed by atoms with van der Waals surface area (Å²) in [6.45, 7) is 0. The maximum Gasteiger partial charge on any atom is 0.271 e. The molecule has 0 aliphatic carbocycles. The van der Waals surface area contributed by atoms with Gasteiger partial charge in [-0.2, -0.15) is 0 Å². The summed E-state index contributed by atoms with van der Waals surface area (Å²) in [5, 5.41) is 11.1. The smallest absolute Gasteiger partial charge is 0.271 e. The fraction of sp³-hybridized carbons (Fsp3) is 0.286. The summed E-state index contributed by atoms with van der Waals surface area (Å²) in [4.78, 5) is 31.3. The molecule has 2 N–H and O–H groups in total. The molecule has 0 spiro atoms. The Labute approximate surface area is 101 Å². The molecule has 2 heterocycles. The monoisotopic (exact) mass is 258 g/mol. The number of amides is 3. The Balaban J connectivity index is 0.000000165. The van der Waals surface area contributed by atoms with Gasteiger partial charge in [-0.3, -0.25) is 14.4 Å². The van der Waals surface area contributed by atoms with E-state index in [-0.39, 0.29) is 35.7 Å². The summed E-state index contributed by atoms with van der Waals surface area (Å²) in [5.41, 5.74) is 0. The Kier molecular flexibility index (Phi) is 4.26. The van der Waals surface area contributed by atoms with Crippen LogP contribution in [0.15, 0.2) is 10.2 Å². The highest BCUT2D eigenvalue weighted by atomic mass is 32.1. The molecule has 0 atom stereocenters. The molecule has 84 valence electrons. The van der Waals surface area contributed by atoms with Crippen molar-refractivity contribution in [1.82, 2.24) is 10.6 Å². The average molecular weight is 258 g/mol. The zero-order valence-corrected chi connectivity index (χ0v) is 9.48. The van der Waals surface area contributed by atoms with Crippen LogP contribution in [0.1, 0.15) is 12.8 Å². The van der Waals surface area contributed by atoms with Crippen molar-refractivity contribution in [3.05, 3.63) is 0 Å². The maximum absolute atomic E-state index is 10.4. The van der Waals surface area contributed by atoms with Gasteiger partial charge in [-0.25, -0.2) is 0 Å². The van der Waals surface area contributed by atoms with Crippen LogP contribution in [0.2, 0.25) is 0 Å². The van der Waals surface area contributed by atoms with Crippen LogP contribution in [-0.2, 0) is 14.4 Å². The normalized spacial score (nSPS) is 18.9. The van der Waals surface area contributed by atoms with Crippen molar-refractivity contribution in [2.24, 2.45) is 10.2 Å². The Bertz CT molecular complexity index is 357. The van der Waals surface area contributed by atoms with Crippen LogP contribution in [0.5, 0.6) is 0 Å². The molecule has 0 unspecified atom stereocenters. The molecule has 7 nitrogen and oxygen atoms in total. The van der Waals surface area contributed by atoms with Crippen LogP contribution in [0, 0.1) is 0 Å². The fourth-order valence-corrected chi connectivity index (χ4v) is 1.22. The van der Waals surface area contributed by atoms with Gasteiger partial charge in [0.25, 0.3) is 5.91 Å². The molecule has 9 heteroatoms. The summed E-state index contributed by atoms with van der Waals surface area (Å²) in [5.74, 6) is -0.919. The third-order valence-corrected chi connectivity index (χ3v) is 1.83. The maximum atomic E-state index is 10.4. The van der Waals surface area contributed by atoms with Crippen molar-refractivity contribution in [3.63, 3.8) is 0 Å². The third kappa shape index (κ3) is 4.28. The van der Waals surface area contributed by atoms with Gasteiger partial charge in [-0.15, -0.1) is 10.2 Å². The number of thiocarbonyl (C=S) groups is 2. The quantitative estimate of drug-likeness (QED) is 0.455. The Morgan fingerprint density at radius 2 is 1.50 bits per heavy atom. The van der Waals surface area contributed by atoms with Crippen LogP contribution in [0.4, 0.5) is 0 Å². The second-order valence-electron chi connectivity index (χ2n) is 2.77. The molecule has 0 aromatic carbocycles. The highest BCUT2D eigenvalue weighted by Crippen LogP contribution is 2.01. The number of carbonyl (C=O) groups excluding carboxylic acids is 3. The predicted octanol–water partition coefficient (Wildman–Crippen LogP) is -0.396. The van der Waals surface area contributed by atoms with Crippen molar-refractivity contribution in [2.45, 2.75) is 12.8 Å². The molecule has 0 saturated carbocycles. The third-order valence-electron chi connectivity index (χ3n) is 1.40. The lowest BCUT2D eigenvalue weighted by molar-refractivity contribution is -0.129. The van der Waals surface area contributed by atoms with Crippen molar-refractivity contribution >= 4 is 52.3 Å². The fourth-order valence-electron chi connectivity index (χ4n) is 0.830. The summed E-state index contributed by atoms with van der Waals surface area (Å²) in [6, 6.07) is 0. The number of carbonyl (C=O) groups is 3. The minimum absolute atomic E-state index is 0.0938. The van der Waals surface area contributed by atoms with Gasteiger partial charge < -0.3 is 10.6 Å². The van der Waals surface area contributed by atoms with E-state index in [4.69, 9.17) is 0 Å². The van der Waals surface area contributed by atoms with Crippen LogP contribution in [0.3, 0.4) is 0 Å². The van der Waals surface area contributed by atoms with E-state index in [0.717, 1.165) is 0 Å². The zero-order chi connectivity index (χ0) is 12.1. The van der Waals surface area contributed by atoms with Crippen LogP contribution < -0.4 is 10.6 Å². The first-order valence-corrected chi connectivity index (χ1v) is 4.90. The number of nitrogens with one attached hydrogen (secondary N) is 2. The molecule has 2 aliphatic rings. The van der Waals surface area contributed by atoms with Crippen molar-refractivity contribution < 1.29 is 14.4 Å². The van der Waals surface area contributed by atoms with Gasteiger partial charge >= 0.3 is 0 Å². The van der Waals surface area contributed by atoms with E-state index in [1.807, 2.05) is 0 Å². The van der Waals surface area contributed by atoms with Gasteiger partial charge in [-0.05, 0) is 12.2 Å². The molecule has 16 heavy (non-hydrogen) atoms. The Morgan fingerprint density at radius 1 is 0.938 bits per heavy atom. The Morgan fingerprint density at radius 3 is 1.75 bits per heavy atom. The molecule has 0 aromatic heterocycles. The average Bonchev–Trinajstić information content (AvgIpc) is 2.48. The van der Waals surface area contributed by atoms with Gasteiger partial charge in [0.1, 0.15) is 11.4 Å². The highest BCUT2D eigenvalue weighted by Gasteiger charge is 2.17. The summed E-state index contributed by atoms with van der Waals surface area (Å²) in [6.07, 6.45) is 0.107. The standard InChI is InChI=1S/C4H4N2O2S.C3H2N2OS/c7-2-1-3(8)6-4(9)5-2;6-2-1-3(7)5-4-2/h1H2,(H2,5,6,7,8,9);1H2. The number of nitrogens with zero attached hydrogens (tertiary/aromatic N) is 2. The van der Waals surface area contributed by atoms with Crippen LogP contribution in [-0.4, -0.2) is 27.8 Å². The Hall–Kier alpha value is -1.61. The zero-order valence-electron chi connectivity index (χ0n) is 7.85. The molecule has 2 rings (SSSR count). The predicted molar refractivity (Wildman–Crippen MR) is 60.6 cm³/mol. The van der Waals surface area contributed by atoms with E-state index in [1.165, 1.54) is 0 Å². The van der Waals surface area contributed by atoms with Gasteiger partial charge in [0.05, 0.1) is 6.42 Å². The highest BCUT2D eigenvalue weighted by molar-refractivity contribution is 7.80. The molecule has 3 amide bonds. The lowest BCUT2D eigenvalue weighted by Gasteiger charge is -2.12. The number of hydrogen-bond acceptors (Lipinski definition) is 5. The van der Waals surface area contributed by atoms with E-state index in [1.54, 1.807) is 0 Å². The summed E-state index contributed by atoms with van der Waals surface area (Å²) in [7, 11) is 0. The van der Waals surface area contributed by atoms with Gasteiger partial charge in [0, 0.05) is 0 Å². The SMILES string of the molecule is O=C1CC(=O)NC(=S)N1.O=C1CC(=S)N=N1. The van der Waals surface area contributed by atoms with Gasteiger partial charge in [-0.1, -0.05) is 12.2 Å². The van der Waals surface area contributed by atoms with Crippen molar-refractivity contribution in [1.29, 1.82) is 0 Å². The second kappa shape index (κ2) is 5.47. The lowest BCUT2D eigenvalue weighted by Crippen LogP contribution is -2.49. The molecule has 1 fully saturated rings. The van der Waals surface area contributed by atoms with Gasteiger partial charge in [0.15, 0.2) is 5.11 Å². The summed E-state index contributed by atoms with van der Waals surface area (Å²) < 4.78 is 0. The van der Waals surface area contributed by atoms with E-state index in [0.29, 0.717) is 4.99 Å². The first kappa shape index (κ1) is 12.5. The van der Waals surface area contributed by atoms with Gasteiger partial charge in [0.2, 0.25) is 11.8 Å². The minimum atomic E-state index is -0.344.